The molecule has 3 rings (SSSR count). The van der Waals surface area contributed by atoms with E-state index in [1.165, 1.54) is 19.2 Å². The van der Waals surface area contributed by atoms with Crippen LogP contribution in [0.2, 0.25) is 0 Å². The molecule has 2 heterocycles. The van der Waals surface area contributed by atoms with Crippen molar-refractivity contribution in [2.24, 2.45) is 5.73 Å². The molecule has 1 unspecified atom stereocenters. The molecule has 150 valence electrons. The molecule has 28 heavy (non-hydrogen) atoms. The summed E-state index contributed by atoms with van der Waals surface area (Å²) >= 11 is 0. The summed E-state index contributed by atoms with van der Waals surface area (Å²) in [6.45, 7) is 5.02. The molecule has 0 spiro atoms. The van der Waals surface area contributed by atoms with E-state index >= 15 is 0 Å². The molecule has 2 aromatic heterocycles. The van der Waals surface area contributed by atoms with E-state index < -0.39 is 0 Å². The number of aryl methyl sites for hydroxylation is 1. The zero-order valence-corrected chi connectivity index (χ0v) is 16.0. The first-order chi connectivity index (χ1) is 13.4. The highest BCUT2D eigenvalue weighted by atomic mass is 16.5. The van der Waals surface area contributed by atoms with Gasteiger partial charge in [0.1, 0.15) is 17.2 Å². The predicted molar refractivity (Wildman–Crippen MR) is 105 cm³/mol. The maximum Gasteiger partial charge on any atom is 0.226 e. The highest BCUT2D eigenvalue weighted by Gasteiger charge is 2.16. The van der Waals surface area contributed by atoms with Gasteiger partial charge in [-0.1, -0.05) is 5.21 Å². The van der Waals surface area contributed by atoms with Crippen molar-refractivity contribution in [1.82, 2.24) is 25.0 Å². The average Bonchev–Trinajstić information content (AvgIpc) is 3.08. The third-order valence-electron chi connectivity index (χ3n) is 4.09. The number of fused-ring (bicyclic) bond motifs is 1. The molecule has 0 aliphatic carbocycles. The van der Waals surface area contributed by atoms with Crippen molar-refractivity contribution in [1.29, 1.82) is 0 Å². The average molecular weight is 388 g/mol. The molecule has 11 nitrogen and oxygen atoms in total. The highest BCUT2D eigenvalue weighted by molar-refractivity contribution is 5.83. The van der Waals surface area contributed by atoms with E-state index in [2.05, 4.69) is 30.9 Å². The molecular formula is C17H24N8O3. The van der Waals surface area contributed by atoms with E-state index in [1.54, 1.807) is 4.68 Å². The monoisotopic (exact) mass is 388 g/mol. The topological polar surface area (TPSA) is 156 Å². The minimum absolute atomic E-state index is 0.0712. The Balaban J connectivity index is 1.92. The number of aromatic hydroxyl groups is 2. The number of methoxy groups -OCH3 is 1. The second-order valence-corrected chi connectivity index (χ2v) is 6.33. The van der Waals surface area contributed by atoms with Gasteiger partial charge in [0.15, 0.2) is 17.0 Å². The lowest BCUT2D eigenvalue weighted by Crippen LogP contribution is -2.26. The summed E-state index contributed by atoms with van der Waals surface area (Å²) in [6.07, 6.45) is 0. The first-order valence-electron chi connectivity index (χ1n) is 8.86. The lowest BCUT2D eigenvalue weighted by molar-refractivity contribution is 0.394. The Morgan fingerprint density at radius 2 is 1.93 bits per heavy atom. The van der Waals surface area contributed by atoms with E-state index in [1.807, 2.05) is 13.8 Å². The molecule has 0 saturated carbocycles. The number of anilines is 2. The number of nitrogens with zero attached hydrogens (tertiary/aromatic N) is 5. The van der Waals surface area contributed by atoms with Gasteiger partial charge in [0.2, 0.25) is 5.95 Å². The zero-order valence-electron chi connectivity index (χ0n) is 16.0. The van der Waals surface area contributed by atoms with Gasteiger partial charge in [-0.05, 0) is 13.8 Å². The normalized spacial score (nSPS) is 12.1. The number of rotatable bonds is 8. The number of hydrogen-bond donors (Lipinski definition) is 5. The van der Waals surface area contributed by atoms with Crippen LogP contribution in [0.15, 0.2) is 12.1 Å². The fourth-order valence-corrected chi connectivity index (χ4v) is 2.61. The number of hydrogen-bond acceptors (Lipinski definition) is 10. The summed E-state index contributed by atoms with van der Waals surface area (Å²) in [7, 11) is 1.46. The number of benzene rings is 1. The SMILES string of the molecule is CCn1nnc2c(NCc3c(O)cc(OC)cc3O)nc(NCC(C)N)nc21. The van der Waals surface area contributed by atoms with Crippen molar-refractivity contribution < 1.29 is 14.9 Å². The Labute approximate surface area is 161 Å². The smallest absolute Gasteiger partial charge is 0.226 e. The van der Waals surface area contributed by atoms with E-state index in [0.29, 0.717) is 47.3 Å². The molecule has 0 saturated heterocycles. The van der Waals surface area contributed by atoms with Crippen molar-refractivity contribution in [3.05, 3.63) is 17.7 Å². The van der Waals surface area contributed by atoms with E-state index in [9.17, 15) is 10.2 Å². The van der Waals surface area contributed by atoms with Crippen LogP contribution in [-0.4, -0.2) is 54.9 Å². The van der Waals surface area contributed by atoms with Gasteiger partial charge in [0.25, 0.3) is 0 Å². The van der Waals surface area contributed by atoms with Gasteiger partial charge in [0, 0.05) is 37.8 Å². The maximum atomic E-state index is 10.2. The van der Waals surface area contributed by atoms with Crippen LogP contribution in [0.5, 0.6) is 17.2 Å². The summed E-state index contributed by atoms with van der Waals surface area (Å²) in [6, 6.07) is 2.78. The minimum atomic E-state index is -0.0952. The maximum absolute atomic E-state index is 10.2. The molecule has 0 amide bonds. The summed E-state index contributed by atoms with van der Waals surface area (Å²) in [5.74, 6) is 0.972. The zero-order chi connectivity index (χ0) is 20.3. The largest absolute Gasteiger partial charge is 0.507 e. The Morgan fingerprint density at radius 1 is 1.21 bits per heavy atom. The van der Waals surface area contributed by atoms with E-state index in [0.717, 1.165) is 0 Å². The van der Waals surface area contributed by atoms with Gasteiger partial charge in [0.05, 0.1) is 12.7 Å². The first-order valence-corrected chi connectivity index (χ1v) is 8.86. The quantitative estimate of drug-likeness (QED) is 0.377. The van der Waals surface area contributed by atoms with Crippen LogP contribution >= 0.6 is 0 Å². The van der Waals surface area contributed by atoms with E-state index in [-0.39, 0.29) is 24.1 Å². The van der Waals surface area contributed by atoms with Crippen LogP contribution in [0.25, 0.3) is 11.2 Å². The number of nitrogens with two attached hydrogens (primary N) is 1. The summed E-state index contributed by atoms with van der Waals surface area (Å²) < 4.78 is 6.68. The number of ether oxygens (including phenoxy) is 1. The first kappa shape index (κ1) is 19.4. The molecule has 0 aliphatic rings. The molecule has 0 radical (unpaired) electrons. The molecule has 6 N–H and O–H groups in total. The van der Waals surface area contributed by atoms with Gasteiger partial charge in [-0.2, -0.15) is 9.97 Å². The molecule has 0 fully saturated rings. The molecule has 11 heteroatoms. The summed E-state index contributed by atoms with van der Waals surface area (Å²) in [5.41, 5.74) is 7.15. The third kappa shape index (κ3) is 3.98. The Kier molecular flexibility index (Phi) is 5.64. The predicted octanol–water partition coefficient (Wildman–Crippen LogP) is 1.03. The van der Waals surface area contributed by atoms with Crippen molar-refractivity contribution in [2.45, 2.75) is 33.0 Å². The van der Waals surface area contributed by atoms with Crippen LogP contribution < -0.4 is 21.1 Å². The van der Waals surface area contributed by atoms with Crippen LogP contribution in [-0.2, 0) is 13.1 Å². The number of nitrogens with one attached hydrogen (secondary N) is 2. The van der Waals surface area contributed by atoms with Crippen molar-refractivity contribution in [2.75, 3.05) is 24.3 Å². The molecule has 1 atom stereocenters. The van der Waals surface area contributed by atoms with Crippen LogP contribution in [0, 0.1) is 0 Å². The van der Waals surface area contributed by atoms with Gasteiger partial charge >= 0.3 is 0 Å². The van der Waals surface area contributed by atoms with Gasteiger partial charge in [-0.15, -0.1) is 5.10 Å². The summed E-state index contributed by atoms with van der Waals surface area (Å²) in [4.78, 5) is 8.89. The van der Waals surface area contributed by atoms with Crippen molar-refractivity contribution >= 4 is 22.9 Å². The number of phenols is 2. The molecular weight excluding hydrogens is 364 g/mol. The number of phenolic OH excluding ortho intramolecular Hbond substituents is 2. The van der Waals surface area contributed by atoms with Gasteiger partial charge in [-0.3, -0.25) is 0 Å². The van der Waals surface area contributed by atoms with Crippen LogP contribution in [0.3, 0.4) is 0 Å². The molecule has 1 aromatic carbocycles. The lowest BCUT2D eigenvalue weighted by Gasteiger charge is -2.13. The minimum Gasteiger partial charge on any atom is -0.507 e. The Hall–Kier alpha value is -3.34. The Morgan fingerprint density at radius 3 is 2.54 bits per heavy atom. The molecule has 0 aliphatic heterocycles. The fraction of sp³-hybridized carbons (Fsp3) is 0.412. The Bertz CT molecular complexity index is 949. The molecule has 3 aromatic rings. The lowest BCUT2D eigenvalue weighted by atomic mass is 10.1. The van der Waals surface area contributed by atoms with Crippen molar-refractivity contribution in [3.63, 3.8) is 0 Å². The van der Waals surface area contributed by atoms with E-state index in [4.69, 9.17) is 10.5 Å². The van der Waals surface area contributed by atoms with Gasteiger partial charge < -0.3 is 31.3 Å². The van der Waals surface area contributed by atoms with Crippen LogP contribution in [0.1, 0.15) is 19.4 Å². The van der Waals surface area contributed by atoms with Crippen molar-refractivity contribution in [3.8, 4) is 17.2 Å². The third-order valence-corrected chi connectivity index (χ3v) is 4.09. The van der Waals surface area contributed by atoms with Crippen LogP contribution in [0.4, 0.5) is 11.8 Å². The number of aromatic nitrogens is 5. The van der Waals surface area contributed by atoms with Gasteiger partial charge in [-0.25, -0.2) is 4.68 Å². The second-order valence-electron chi connectivity index (χ2n) is 6.33. The summed E-state index contributed by atoms with van der Waals surface area (Å²) in [5, 5.41) is 34.7. The highest BCUT2D eigenvalue weighted by Crippen LogP contribution is 2.33. The standard InChI is InChI=1S/C17H24N8O3/c1-4-25-16-14(23-24-25)15(21-17(22-16)20-7-9(2)18)19-8-11-12(26)5-10(28-3)6-13(11)27/h5-6,9,26-27H,4,7-8,18H2,1-3H3,(H2,19,20,21,22). The second kappa shape index (κ2) is 8.13. The molecule has 0 bridgehead atoms. The fourth-order valence-electron chi connectivity index (χ4n) is 2.61.